The van der Waals surface area contributed by atoms with E-state index < -0.39 is 0 Å². The fourth-order valence-electron chi connectivity index (χ4n) is 3.50. The summed E-state index contributed by atoms with van der Waals surface area (Å²) in [4.78, 5) is 15.0. The number of esters is 1. The van der Waals surface area contributed by atoms with Gasteiger partial charge in [0.05, 0.1) is 16.4 Å². The minimum atomic E-state index is -0.289. The molecule has 0 saturated carbocycles. The van der Waals surface area contributed by atoms with E-state index in [0.29, 0.717) is 16.5 Å². The number of fused-ring (bicyclic) bond motifs is 1. The van der Waals surface area contributed by atoms with Crippen LogP contribution in [-0.4, -0.2) is 17.6 Å². The number of hydrogen-bond donors (Lipinski definition) is 1. The molecule has 0 unspecified atom stereocenters. The van der Waals surface area contributed by atoms with Crippen LogP contribution in [0.15, 0.2) is 63.7 Å². The van der Waals surface area contributed by atoms with Crippen LogP contribution >= 0.6 is 35.7 Å². The van der Waals surface area contributed by atoms with Gasteiger partial charge in [0, 0.05) is 10.5 Å². The lowest BCUT2D eigenvalue weighted by Gasteiger charge is -2.37. The molecule has 2 aliphatic heterocycles. The maximum Gasteiger partial charge on any atom is 0.346 e. The van der Waals surface area contributed by atoms with Crippen molar-refractivity contribution in [3.05, 3.63) is 80.4 Å². The number of ether oxygens (including phenoxy) is 1. The lowest BCUT2D eigenvalue weighted by molar-refractivity contribution is -0.137. The first-order valence-corrected chi connectivity index (χ1v) is 11.5. The molecular weight excluding hydrogens is 418 g/mol. The molecule has 0 amide bonds. The van der Waals surface area contributed by atoms with Gasteiger partial charge >= 0.3 is 5.97 Å². The average Bonchev–Trinajstić information content (AvgIpc) is 3.13. The van der Waals surface area contributed by atoms with Gasteiger partial charge in [-0.1, -0.05) is 90.3 Å². The minimum Gasteiger partial charge on any atom is -0.462 e. The summed E-state index contributed by atoms with van der Waals surface area (Å²) >= 11 is 8.82. The molecule has 29 heavy (non-hydrogen) atoms. The van der Waals surface area contributed by atoms with E-state index in [4.69, 9.17) is 17.0 Å². The molecule has 6 heteroatoms. The van der Waals surface area contributed by atoms with Crippen molar-refractivity contribution >= 4 is 57.2 Å². The fourth-order valence-corrected chi connectivity index (χ4v) is 6.79. The molecule has 4 rings (SSSR count). The summed E-state index contributed by atoms with van der Waals surface area (Å²) in [7, 11) is 0. The SMILES string of the molecule is CCOC(=O)C1=C(c2ccccc2)SC(=C2C(=S)NC(C)(C)c3ccccc32)S1. The molecule has 0 spiro atoms. The molecule has 1 N–H and O–H groups in total. The van der Waals surface area contributed by atoms with Gasteiger partial charge in [-0.25, -0.2) is 4.79 Å². The van der Waals surface area contributed by atoms with Gasteiger partial charge in [-0.15, -0.1) is 0 Å². The molecule has 3 nitrogen and oxygen atoms in total. The van der Waals surface area contributed by atoms with E-state index in [-0.39, 0.29) is 11.5 Å². The Hall–Kier alpha value is -2.02. The number of rotatable bonds is 3. The highest BCUT2D eigenvalue weighted by Gasteiger charge is 2.37. The molecule has 2 heterocycles. The van der Waals surface area contributed by atoms with E-state index in [2.05, 4.69) is 31.3 Å². The quantitative estimate of drug-likeness (QED) is 0.363. The molecule has 2 aromatic rings. The average molecular weight is 440 g/mol. The fraction of sp³-hybridized carbons (Fsp3) is 0.217. The summed E-state index contributed by atoms with van der Waals surface area (Å²) in [5.74, 6) is -0.289. The molecule has 2 aromatic carbocycles. The molecule has 0 aromatic heterocycles. The Kier molecular flexibility index (Phi) is 5.60. The Balaban J connectivity index is 1.84. The first kappa shape index (κ1) is 20.3. The van der Waals surface area contributed by atoms with Gasteiger partial charge in [0.15, 0.2) is 0 Å². The molecule has 0 saturated heterocycles. The van der Waals surface area contributed by atoms with Gasteiger partial charge in [0.25, 0.3) is 0 Å². The summed E-state index contributed by atoms with van der Waals surface area (Å²) in [6.45, 7) is 6.43. The summed E-state index contributed by atoms with van der Waals surface area (Å²) in [6.07, 6.45) is 0. The standard InChI is InChI=1S/C23H21NO2S3/c1-4-26-21(25)19-18(14-10-6-5-7-11-14)28-22(29-19)17-15-12-8-9-13-16(15)23(2,3)24-20(17)27/h5-13H,4H2,1-3H3,(H,24,27). The Labute approximate surface area is 185 Å². The van der Waals surface area contributed by atoms with Crippen molar-refractivity contribution in [3.63, 3.8) is 0 Å². The topological polar surface area (TPSA) is 38.3 Å². The third kappa shape index (κ3) is 3.77. The number of carbonyl (C=O) groups is 1. The zero-order chi connectivity index (χ0) is 20.6. The number of benzene rings is 2. The molecule has 0 radical (unpaired) electrons. The smallest absolute Gasteiger partial charge is 0.346 e. The molecule has 0 fully saturated rings. The van der Waals surface area contributed by atoms with Crippen LogP contribution in [0.4, 0.5) is 0 Å². The highest BCUT2D eigenvalue weighted by Crippen LogP contribution is 2.57. The maximum absolute atomic E-state index is 12.7. The van der Waals surface area contributed by atoms with E-state index in [1.807, 2.05) is 49.4 Å². The molecule has 2 aliphatic rings. The number of thiocarbonyl (C=S) groups is 1. The predicted molar refractivity (Wildman–Crippen MR) is 127 cm³/mol. The lowest BCUT2D eigenvalue weighted by atomic mass is 9.83. The van der Waals surface area contributed by atoms with Crippen LogP contribution in [0.1, 0.15) is 37.5 Å². The second-order valence-electron chi connectivity index (χ2n) is 7.24. The zero-order valence-corrected chi connectivity index (χ0v) is 18.9. The molecular formula is C23H21NO2S3. The normalized spacial score (nSPS) is 20.3. The molecule has 148 valence electrons. The maximum atomic E-state index is 12.7. The van der Waals surface area contributed by atoms with Crippen molar-refractivity contribution in [1.82, 2.24) is 5.32 Å². The van der Waals surface area contributed by atoms with Crippen LogP contribution < -0.4 is 5.32 Å². The van der Waals surface area contributed by atoms with Crippen LogP contribution in [0, 0.1) is 0 Å². The van der Waals surface area contributed by atoms with Gasteiger partial charge in [-0.3, -0.25) is 0 Å². The first-order chi connectivity index (χ1) is 13.9. The van der Waals surface area contributed by atoms with E-state index >= 15 is 0 Å². The van der Waals surface area contributed by atoms with Crippen LogP contribution in [0.5, 0.6) is 0 Å². The number of thioether (sulfide) groups is 2. The van der Waals surface area contributed by atoms with Gasteiger partial charge in [-0.05, 0) is 37.5 Å². The number of nitrogens with one attached hydrogen (secondary N) is 1. The van der Waals surface area contributed by atoms with Crippen LogP contribution in [0.2, 0.25) is 0 Å². The Morgan fingerprint density at radius 1 is 1.07 bits per heavy atom. The van der Waals surface area contributed by atoms with Crippen molar-refractivity contribution < 1.29 is 9.53 Å². The van der Waals surface area contributed by atoms with E-state index in [1.165, 1.54) is 17.3 Å². The molecule has 0 bridgehead atoms. The van der Waals surface area contributed by atoms with Crippen molar-refractivity contribution in [1.29, 1.82) is 0 Å². The minimum absolute atomic E-state index is 0.245. The summed E-state index contributed by atoms with van der Waals surface area (Å²) in [6, 6.07) is 18.3. The Bertz CT molecular complexity index is 1050. The highest BCUT2D eigenvalue weighted by molar-refractivity contribution is 8.32. The first-order valence-electron chi connectivity index (χ1n) is 9.41. The summed E-state index contributed by atoms with van der Waals surface area (Å²) in [5, 5.41) is 3.47. The monoisotopic (exact) mass is 439 g/mol. The van der Waals surface area contributed by atoms with Gasteiger partial charge in [0.1, 0.15) is 9.89 Å². The van der Waals surface area contributed by atoms with Crippen molar-refractivity contribution in [2.45, 2.75) is 26.3 Å². The van der Waals surface area contributed by atoms with Crippen molar-refractivity contribution in [2.75, 3.05) is 6.61 Å². The Morgan fingerprint density at radius 2 is 1.76 bits per heavy atom. The van der Waals surface area contributed by atoms with E-state index in [1.54, 1.807) is 11.8 Å². The zero-order valence-electron chi connectivity index (χ0n) is 16.4. The van der Waals surface area contributed by atoms with Crippen molar-refractivity contribution in [3.8, 4) is 0 Å². The lowest BCUT2D eigenvalue weighted by Crippen LogP contribution is -2.45. The highest BCUT2D eigenvalue weighted by atomic mass is 32.2. The third-order valence-electron chi connectivity index (χ3n) is 4.82. The predicted octanol–water partition coefficient (Wildman–Crippen LogP) is 5.93. The van der Waals surface area contributed by atoms with Gasteiger partial charge < -0.3 is 10.1 Å². The number of carbonyl (C=O) groups excluding carboxylic acids is 1. The third-order valence-corrected chi connectivity index (χ3v) is 7.75. The molecule has 0 atom stereocenters. The second kappa shape index (κ2) is 8.01. The Morgan fingerprint density at radius 3 is 2.48 bits per heavy atom. The summed E-state index contributed by atoms with van der Waals surface area (Å²) in [5.41, 5.74) is 4.06. The van der Waals surface area contributed by atoms with Crippen LogP contribution in [-0.2, 0) is 15.1 Å². The van der Waals surface area contributed by atoms with Gasteiger partial charge in [-0.2, -0.15) is 0 Å². The molecule has 0 aliphatic carbocycles. The van der Waals surface area contributed by atoms with E-state index in [9.17, 15) is 4.79 Å². The van der Waals surface area contributed by atoms with Crippen LogP contribution in [0.3, 0.4) is 0 Å². The number of hydrogen-bond acceptors (Lipinski definition) is 5. The largest absolute Gasteiger partial charge is 0.462 e. The van der Waals surface area contributed by atoms with Gasteiger partial charge in [0.2, 0.25) is 0 Å². The van der Waals surface area contributed by atoms with Crippen LogP contribution in [0.25, 0.3) is 10.5 Å². The summed E-state index contributed by atoms with van der Waals surface area (Å²) < 4.78 is 6.35. The van der Waals surface area contributed by atoms with Crippen molar-refractivity contribution in [2.24, 2.45) is 0 Å². The van der Waals surface area contributed by atoms with E-state index in [0.717, 1.165) is 25.8 Å². The second-order valence-corrected chi connectivity index (χ2v) is 9.94.